The number of nitrogens with one attached hydrogen (secondary N) is 1. The Bertz CT molecular complexity index is 834. The molecule has 2 amide bonds. The van der Waals surface area contributed by atoms with Crippen LogP contribution in [0.3, 0.4) is 0 Å². The van der Waals surface area contributed by atoms with Crippen molar-refractivity contribution in [3.05, 3.63) is 65.7 Å². The fraction of sp³-hybridized carbons (Fsp3) is 0.481. The highest BCUT2D eigenvalue weighted by atomic mass is 16.5. The first-order chi connectivity index (χ1) is 15.3. The summed E-state index contributed by atoms with van der Waals surface area (Å²) in [6.07, 6.45) is 2.07. The van der Waals surface area contributed by atoms with Gasteiger partial charge in [-0.25, -0.2) is 0 Å². The zero-order valence-corrected chi connectivity index (χ0v) is 20.1. The van der Waals surface area contributed by atoms with Gasteiger partial charge >= 0.3 is 0 Å². The zero-order chi connectivity index (χ0) is 23.5. The molecule has 2 aromatic carbocycles. The normalized spacial score (nSPS) is 12.8. The third-order valence-corrected chi connectivity index (χ3v) is 5.78. The van der Waals surface area contributed by atoms with E-state index in [1.54, 1.807) is 4.90 Å². The maximum absolute atomic E-state index is 13.2. The van der Waals surface area contributed by atoms with Gasteiger partial charge in [0.05, 0.1) is 0 Å². The molecule has 0 aliphatic carbocycles. The summed E-state index contributed by atoms with van der Waals surface area (Å²) in [7, 11) is 0. The van der Waals surface area contributed by atoms with Gasteiger partial charge in [0, 0.05) is 12.6 Å². The first-order valence-corrected chi connectivity index (χ1v) is 11.7. The minimum atomic E-state index is -0.521. The lowest BCUT2D eigenvalue weighted by Gasteiger charge is -2.31. The number of rotatable bonds is 12. The van der Waals surface area contributed by atoms with Gasteiger partial charge in [-0.15, -0.1) is 0 Å². The molecule has 0 saturated heterocycles. The quantitative estimate of drug-likeness (QED) is 0.510. The summed E-state index contributed by atoms with van der Waals surface area (Å²) < 4.78 is 5.79. The molecular weight excluding hydrogens is 400 g/mol. The Kier molecular flexibility index (Phi) is 10.3. The van der Waals surface area contributed by atoms with E-state index in [2.05, 4.69) is 19.2 Å². The molecule has 0 saturated carbocycles. The monoisotopic (exact) mass is 438 g/mol. The van der Waals surface area contributed by atoms with Crippen LogP contribution in [0.2, 0.25) is 0 Å². The Balaban J connectivity index is 2.11. The molecule has 32 heavy (non-hydrogen) atoms. The Morgan fingerprint density at radius 3 is 2.16 bits per heavy atom. The SMILES string of the molecule is CC[C@@H](C)NC(=O)[C@@H](CC)N(CCc1ccccc1)C(=O)COc1ccc(C(C)C)cc1. The third-order valence-electron chi connectivity index (χ3n) is 5.78. The van der Waals surface area contributed by atoms with Crippen molar-refractivity contribution in [2.45, 2.75) is 71.9 Å². The lowest BCUT2D eigenvalue weighted by Crippen LogP contribution is -2.52. The highest BCUT2D eigenvalue weighted by Gasteiger charge is 2.29. The van der Waals surface area contributed by atoms with Gasteiger partial charge in [-0.1, -0.05) is 70.2 Å². The predicted octanol–water partition coefficient (Wildman–Crippen LogP) is 4.95. The molecule has 2 atom stereocenters. The van der Waals surface area contributed by atoms with Crippen LogP contribution in [0, 0.1) is 0 Å². The summed E-state index contributed by atoms with van der Waals surface area (Å²) in [4.78, 5) is 27.8. The van der Waals surface area contributed by atoms with E-state index in [4.69, 9.17) is 4.74 Å². The average molecular weight is 439 g/mol. The smallest absolute Gasteiger partial charge is 0.261 e. The minimum absolute atomic E-state index is 0.0679. The minimum Gasteiger partial charge on any atom is -0.484 e. The van der Waals surface area contributed by atoms with E-state index in [-0.39, 0.29) is 24.5 Å². The summed E-state index contributed by atoms with van der Waals surface area (Å²) in [5, 5.41) is 3.03. The molecule has 0 radical (unpaired) electrons. The molecule has 0 spiro atoms. The number of carbonyl (C=O) groups excluding carboxylic acids is 2. The number of ether oxygens (including phenoxy) is 1. The maximum Gasteiger partial charge on any atom is 0.261 e. The van der Waals surface area contributed by atoms with Gasteiger partial charge < -0.3 is 15.0 Å². The molecular formula is C27H38N2O3. The first-order valence-electron chi connectivity index (χ1n) is 11.7. The average Bonchev–Trinajstić information content (AvgIpc) is 2.80. The van der Waals surface area contributed by atoms with E-state index < -0.39 is 6.04 Å². The topological polar surface area (TPSA) is 58.6 Å². The van der Waals surface area contributed by atoms with E-state index >= 15 is 0 Å². The second-order valence-corrected chi connectivity index (χ2v) is 8.58. The van der Waals surface area contributed by atoms with Crippen LogP contribution < -0.4 is 10.1 Å². The number of nitrogens with zero attached hydrogens (tertiary/aromatic N) is 1. The Labute approximate surface area is 193 Å². The van der Waals surface area contributed by atoms with Gasteiger partial charge in [-0.2, -0.15) is 0 Å². The van der Waals surface area contributed by atoms with Gasteiger partial charge in [0.15, 0.2) is 6.61 Å². The van der Waals surface area contributed by atoms with Gasteiger partial charge in [-0.3, -0.25) is 9.59 Å². The van der Waals surface area contributed by atoms with E-state index in [0.29, 0.717) is 31.1 Å². The molecule has 0 aliphatic rings. The Hall–Kier alpha value is -2.82. The van der Waals surface area contributed by atoms with Gasteiger partial charge in [0.2, 0.25) is 5.91 Å². The van der Waals surface area contributed by atoms with Crippen molar-refractivity contribution in [3.8, 4) is 5.75 Å². The predicted molar refractivity (Wildman–Crippen MR) is 130 cm³/mol. The van der Waals surface area contributed by atoms with Crippen LogP contribution in [0.25, 0.3) is 0 Å². The summed E-state index contributed by atoms with van der Waals surface area (Å²) in [5.41, 5.74) is 2.36. The molecule has 5 heteroatoms. The molecule has 0 unspecified atom stereocenters. The van der Waals surface area contributed by atoms with Crippen molar-refractivity contribution in [1.29, 1.82) is 0 Å². The van der Waals surface area contributed by atoms with Crippen molar-refractivity contribution in [1.82, 2.24) is 10.2 Å². The van der Waals surface area contributed by atoms with Gasteiger partial charge in [0.1, 0.15) is 11.8 Å². The second kappa shape index (κ2) is 12.9. The van der Waals surface area contributed by atoms with Crippen molar-refractivity contribution in [3.63, 3.8) is 0 Å². The Morgan fingerprint density at radius 1 is 0.938 bits per heavy atom. The number of hydrogen-bond acceptors (Lipinski definition) is 3. The number of benzene rings is 2. The van der Waals surface area contributed by atoms with Crippen molar-refractivity contribution < 1.29 is 14.3 Å². The van der Waals surface area contributed by atoms with Crippen LogP contribution in [0.4, 0.5) is 0 Å². The molecule has 5 nitrogen and oxygen atoms in total. The van der Waals surface area contributed by atoms with Crippen molar-refractivity contribution in [2.24, 2.45) is 0 Å². The van der Waals surface area contributed by atoms with Crippen LogP contribution >= 0.6 is 0 Å². The molecule has 2 rings (SSSR count). The van der Waals surface area contributed by atoms with Crippen LogP contribution in [0.1, 0.15) is 64.5 Å². The number of carbonyl (C=O) groups is 2. The van der Waals surface area contributed by atoms with E-state index in [1.165, 1.54) is 5.56 Å². The van der Waals surface area contributed by atoms with E-state index in [9.17, 15) is 9.59 Å². The summed E-state index contributed by atoms with van der Waals surface area (Å²) >= 11 is 0. The summed E-state index contributed by atoms with van der Waals surface area (Å²) in [6.45, 7) is 10.6. The van der Waals surface area contributed by atoms with Crippen molar-refractivity contribution in [2.75, 3.05) is 13.2 Å². The largest absolute Gasteiger partial charge is 0.484 e. The van der Waals surface area contributed by atoms with E-state index in [1.807, 2.05) is 75.4 Å². The van der Waals surface area contributed by atoms with Gasteiger partial charge in [0.25, 0.3) is 5.91 Å². The molecule has 0 fully saturated rings. The van der Waals surface area contributed by atoms with Crippen molar-refractivity contribution >= 4 is 11.8 Å². The standard InChI is InChI=1S/C27H38N2O3/c1-6-21(5)28-27(31)25(7-2)29(18-17-22-11-9-8-10-12-22)26(30)19-32-24-15-13-23(14-16-24)20(3)4/h8-16,20-21,25H,6-7,17-19H2,1-5H3,(H,28,31)/t21-,25-/m1/s1. The third kappa shape index (κ3) is 7.70. The summed E-state index contributed by atoms with van der Waals surface area (Å²) in [6, 6.07) is 17.4. The van der Waals surface area contributed by atoms with E-state index in [0.717, 1.165) is 12.0 Å². The lowest BCUT2D eigenvalue weighted by molar-refractivity contribution is -0.142. The number of hydrogen-bond donors (Lipinski definition) is 1. The van der Waals surface area contributed by atoms with Crippen LogP contribution in [0.15, 0.2) is 54.6 Å². The van der Waals surface area contributed by atoms with Crippen LogP contribution in [-0.4, -0.2) is 41.9 Å². The first kappa shape index (κ1) is 25.4. The molecule has 0 bridgehead atoms. The zero-order valence-electron chi connectivity index (χ0n) is 20.1. The van der Waals surface area contributed by atoms with Crippen LogP contribution in [0.5, 0.6) is 5.75 Å². The molecule has 2 aromatic rings. The van der Waals surface area contributed by atoms with Gasteiger partial charge in [-0.05, 0) is 55.4 Å². The summed E-state index contributed by atoms with van der Waals surface area (Å²) in [5.74, 6) is 0.806. The second-order valence-electron chi connectivity index (χ2n) is 8.58. The van der Waals surface area contributed by atoms with Crippen LogP contribution in [-0.2, 0) is 16.0 Å². The molecule has 0 aromatic heterocycles. The Morgan fingerprint density at radius 2 is 1.59 bits per heavy atom. The highest BCUT2D eigenvalue weighted by Crippen LogP contribution is 2.19. The molecule has 0 heterocycles. The molecule has 0 aliphatic heterocycles. The molecule has 174 valence electrons. The highest BCUT2D eigenvalue weighted by molar-refractivity contribution is 5.88. The fourth-order valence-corrected chi connectivity index (χ4v) is 3.51. The lowest BCUT2D eigenvalue weighted by atomic mass is 10.0. The fourth-order valence-electron chi connectivity index (χ4n) is 3.51. The molecule has 1 N–H and O–H groups in total. The maximum atomic E-state index is 13.2. The number of amides is 2.